The van der Waals surface area contributed by atoms with Crippen molar-refractivity contribution in [2.45, 2.75) is 25.5 Å². The fourth-order valence-electron chi connectivity index (χ4n) is 4.04. The molecule has 0 bridgehead atoms. The van der Waals surface area contributed by atoms with Gasteiger partial charge in [0.2, 0.25) is 0 Å². The third kappa shape index (κ3) is 5.83. The first-order chi connectivity index (χ1) is 15.6. The van der Waals surface area contributed by atoms with Crippen molar-refractivity contribution in [3.8, 4) is 0 Å². The van der Waals surface area contributed by atoms with Crippen LogP contribution in [0, 0.1) is 5.82 Å². The summed E-state index contributed by atoms with van der Waals surface area (Å²) in [6.45, 7) is 4.97. The first kappa shape index (κ1) is 22.2. The molecule has 2 aliphatic rings. The van der Waals surface area contributed by atoms with Crippen molar-refractivity contribution in [3.05, 3.63) is 65.5 Å². The minimum absolute atomic E-state index is 0.125. The third-order valence-electron chi connectivity index (χ3n) is 5.86. The molecule has 0 radical (unpaired) electrons. The van der Waals surface area contributed by atoms with Crippen LogP contribution in [0.3, 0.4) is 0 Å². The number of nitrogens with one attached hydrogen (secondary N) is 1. The number of halogens is 1. The van der Waals surface area contributed by atoms with Crippen LogP contribution in [0.5, 0.6) is 0 Å². The zero-order chi connectivity index (χ0) is 22.3. The number of ether oxygens (including phenoxy) is 1. The Balaban J connectivity index is 1.43. The number of aliphatic imine (C=N–C) groups is 1. The number of aromatic carboxylic acids is 1. The van der Waals surface area contributed by atoms with Crippen molar-refractivity contribution in [2.24, 2.45) is 4.99 Å². The van der Waals surface area contributed by atoms with Crippen LogP contribution < -0.4 is 5.32 Å². The van der Waals surface area contributed by atoms with Crippen molar-refractivity contribution >= 4 is 17.6 Å². The normalized spacial score (nSPS) is 19.8. The summed E-state index contributed by atoms with van der Waals surface area (Å²) in [6.07, 6.45) is 2.18. The molecular formula is C24H29FN4O3. The molecule has 0 spiro atoms. The van der Waals surface area contributed by atoms with E-state index in [1.807, 2.05) is 18.2 Å². The standard InChI is InChI=1S/C24H29FN4O3/c25-22-9-2-1-5-19(22)17-28-10-12-29(13-11-28)24(26-16-21-8-4-14-32-21)27-20-7-3-6-18(15-20)23(30)31/h1-3,5-7,9,15,21H,4,8,10-14,16-17H2,(H,26,27)(H,30,31)/t21-/m1/s1. The van der Waals surface area contributed by atoms with Crippen molar-refractivity contribution in [1.29, 1.82) is 0 Å². The molecular weight excluding hydrogens is 411 g/mol. The Labute approximate surface area is 187 Å². The van der Waals surface area contributed by atoms with E-state index in [1.54, 1.807) is 24.3 Å². The van der Waals surface area contributed by atoms with E-state index in [1.165, 1.54) is 6.07 Å². The zero-order valence-electron chi connectivity index (χ0n) is 18.0. The Hall–Kier alpha value is -2.97. The van der Waals surface area contributed by atoms with E-state index in [4.69, 9.17) is 9.73 Å². The maximum atomic E-state index is 14.0. The second-order valence-electron chi connectivity index (χ2n) is 8.16. The van der Waals surface area contributed by atoms with Gasteiger partial charge in [-0.15, -0.1) is 0 Å². The molecule has 0 unspecified atom stereocenters. The summed E-state index contributed by atoms with van der Waals surface area (Å²) in [4.78, 5) is 20.5. The molecule has 0 amide bonds. The zero-order valence-corrected chi connectivity index (χ0v) is 18.0. The maximum absolute atomic E-state index is 14.0. The quantitative estimate of drug-likeness (QED) is 0.530. The molecule has 0 aromatic heterocycles. The van der Waals surface area contributed by atoms with Crippen LogP contribution in [-0.4, -0.2) is 72.3 Å². The van der Waals surface area contributed by atoms with E-state index >= 15 is 0 Å². The number of carboxylic acids is 1. The maximum Gasteiger partial charge on any atom is 0.335 e. The van der Waals surface area contributed by atoms with Crippen LogP contribution in [0.1, 0.15) is 28.8 Å². The number of piperazine rings is 1. The third-order valence-corrected chi connectivity index (χ3v) is 5.86. The highest BCUT2D eigenvalue weighted by Crippen LogP contribution is 2.16. The molecule has 7 nitrogen and oxygen atoms in total. The van der Waals surface area contributed by atoms with E-state index in [2.05, 4.69) is 15.1 Å². The molecule has 170 valence electrons. The molecule has 2 saturated heterocycles. The summed E-state index contributed by atoms with van der Waals surface area (Å²) in [5, 5.41) is 12.6. The summed E-state index contributed by atoms with van der Waals surface area (Å²) in [5.41, 5.74) is 1.62. The number of hydrogen-bond donors (Lipinski definition) is 2. The van der Waals surface area contributed by atoms with Crippen LogP contribution in [0.25, 0.3) is 0 Å². The van der Waals surface area contributed by atoms with E-state index in [0.29, 0.717) is 30.3 Å². The summed E-state index contributed by atoms with van der Waals surface area (Å²) in [7, 11) is 0. The van der Waals surface area contributed by atoms with Gasteiger partial charge in [-0.3, -0.25) is 9.89 Å². The van der Waals surface area contributed by atoms with Gasteiger partial charge >= 0.3 is 5.97 Å². The van der Waals surface area contributed by atoms with Crippen molar-refractivity contribution < 1.29 is 19.0 Å². The van der Waals surface area contributed by atoms with Gasteiger partial charge in [0.05, 0.1) is 18.2 Å². The molecule has 8 heteroatoms. The smallest absolute Gasteiger partial charge is 0.335 e. The van der Waals surface area contributed by atoms with Gasteiger partial charge in [0.15, 0.2) is 5.96 Å². The minimum atomic E-state index is -0.965. The Morgan fingerprint density at radius 1 is 1.16 bits per heavy atom. The molecule has 4 rings (SSSR count). The summed E-state index contributed by atoms with van der Waals surface area (Å²) in [6, 6.07) is 13.6. The lowest BCUT2D eigenvalue weighted by Crippen LogP contribution is -2.50. The Morgan fingerprint density at radius 2 is 1.97 bits per heavy atom. The van der Waals surface area contributed by atoms with Crippen LogP contribution >= 0.6 is 0 Å². The van der Waals surface area contributed by atoms with Crippen molar-refractivity contribution in [1.82, 2.24) is 9.80 Å². The van der Waals surface area contributed by atoms with E-state index < -0.39 is 5.97 Å². The van der Waals surface area contributed by atoms with Gasteiger partial charge in [0.25, 0.3) is 0 Å². The SMILES string of the molecule is O=C(O)c1cccc(NC(=NC[C@H]2CCCO2)N2CCN(Cc3ccccc3F)CC2)c1. The van der Waals surface area contributed by atoms with Crippen LogP contribution in [-0.2, 0) is 11.3 Å². The number of carboxylic acid groups (broad SMARTS) is 1. The molecule has 2 aromatic rings. The van der Waals surface area contributed by atoms with E-state index in [-0.39, 0.29) is 17.5 Å². The second kappa shape index (κ2) is 10.6. The highest BCUT2D eigenvalue weighted by molar-refractivity contribution is 5.95. The fraction of sp³-hybridized carbons (Fsp3) is 0.417. The highest BCUT2D eigenvalue weighted by atomic mass is 19.1. The van der Waals surface area contributed by atoms with Crippen molar-refractivity contribution in [3.63, 3.8) is 0 Å². The lowest BCUT2D eigenvalue weighted by molar-refractivity contribution is 0.0697. The van der Waals surface area contributed by atoms with E-state index in [9.17, 15) is 14.3 Å². The number of guanidine groups is 1. The first-order valence-electron chi connectivity index (χ1n) is 11.1. The molecule has 2 heterocycles. The van der Waals surface area contributed by atoms with Gasteiger partial charge in [0, 0.05) is 50.6 Å². The Morgan fingerprint density at radius 3 is 2.69 bits per heavy atom. The second-order valence-corrected chi connectivity index (χ2v) is 8.16. The van der Waals surface area contributed by atoms with Gasteiger partial charge in [-0.1, -0.05) is 24.3 Å². The first-order valence-corrected chi connectivity index (χ1v) is 11.1. The number of hydrogen-bond acceptors (Lipinski definition) is 4. The molecule has 2 aliphatic heterocycles. The number of rotatable bonds is 6. The lowest BCUT2D eigenvalue weighted by Gasteiger charge is -2.36. The van der Waals surface area contributed by atoms with E-state index in [0.717, 1.165) is 45.6 Å². The number of nitrogens with zero attached hydrogens (tertiary/aromatic N) is 3. The lowest BCUT2D eigenvalue weighted by atomic mass is 10.2. The number of benzene rings is 2. The Bertz CT molecular complexity index is 954. The minimum Gasteiger partial charge on any atom is -0.478 e. The summed E-state index contributed by atoms with van der Waals surface area (Å²) >= 11 is 0. The average Bonchev–Trinajstić information content (AvgIpc) is 3.33. The molecule has 1 atom stereocenters. The molecule has 2 N–H and O–H groups in total. The monoisotopic (exact) mass is 440 g/mol. The summed E-state index contributed by atoms with van der Waals surface area (Å²) < 4.78 is 19.7. The topological polar surface area (TPSA) is 77.4 Å². The van der Waals surface area contributed by atoms with Gasteiger partial charge in [-0.2, -0.15) is 0 Å². The van der Waals surface area contributed by atoms with Crippen LogP contribution in [0.15, 0.2) is 53.5 Å². The molecule has 2 fully saturated rings. The van der Waals surface area contributed by atoms with Crippen LogP contribution in [0.2, 0.25) is 0 Å². The predicted molar refractivity (Wildman–Crippen MR) is 122 cm³/mol. The predicted octanol–water partition coefficient (Wildman–Crippen LogP) is 3.29. The van der Waals surface area contributed by atoms with Gasteiger partial charge in [-0.25, -0.2) is 9.18 Å². The molecule has 2 aromatic carbocycles. The molecule has 0 aliphatic carbocycles. The van der Waals surface area contributed by atoms with Crippen LogP contribution in [0.4, 0.5) is 10.1 Å². The fourth-order valence-corrected chi connectivity index (χ4v) is 4.04. The van der Waals surface area contributed by atoms with Gasteiger partial charge in [-0.05, 0) is 37.1 Å². The summed E-state index contributed by atoms with van der Waals surface area (Å²) in [5.74, 6) is -0.421. The Kier molecular flexibility index (Phi) is 7.34. The largest absolute Gasteiger partial charge is 0.478 e. The molecule has 0 saturated carbocycles. The molecule has 32 heavy (non-hydrogen) atoms. The van der Waals surface area contributed by atoms with Gasteiger partial charge < -0.3 is 20.1 Å². The number of carbonyl (C=O) groups is 1. The van der Waals surface area contributed by atoms with Crippen molar-refractivity contribution in [2.75, 3.05) is 44.6 Å². The number of anilines is 1. The average molecular weight is 441 g/mol. The van der Waals surface area contributed by atoms with Gasteiger partial charge in [0.1, 0.15) is 5.82 Å². The highest BCUT2D eigenvalue weighted by Gasteiger charge is 2.22.